The lowest BCUT2D eigenvalue weighted by Crippen LogP contribution is -2.28. The van der Waals surface area contributed by atoms with Crippen LogP contribution in [0.2, 0.25) is 0 Å². The van der Waals surface area contributed by atoms with Gasteiger partial charge in [-0.15, -0.1) is 0 Å². The van der Waals surface area contributed by atoms with Gasteiger partial charge in [-0.1, -0.05) is 24.3 Å². The summed E-state index contributed by atoms with van der Waals surface area (Å²) in [6.45, 7) is 0.261. The summed E-state index contributed by atoms with van der Waals surface area (Å²) in [4.78, 5) is 25.4. The molecule has 2 amide bonds. The van der Waals surface area contributed by atoms with E-state index in [4.69, 9.17) is 4.74 Å². The van der Waals surface area contributed by atoms with E-state index in [1.165, 1.54) is 18.3 Å². The molecule has 1 saturated carbocycles. The molecule has 0 spiro atoms. The van der Waals surface area contributed by atoms with Crippen LogP contribution in [-0.2, 0) is 16.2 Å². The Labute approximate surface area is 186 Å². The summed E-state index contributed by atoms with van der Waals surface area (Å²) >= 11 is 2.15. The number of nitrogens with zero attached hydrogens (tertiary/aromatic N) is 2. The molecule has 1 heterocycles. The van der Waals surface area contributed by atoms with Gasteiger partial charge in [0, 0.05) is 0 Å². The fourth-order valence-electron chi connectivity index (χ4n) is 4.63. The predicted octanol–water partition coefficient (Wildman–Crippen LogP) is 4.15. The minimum absolute atomic E-state index is 0.173. The zero-order valence-corrected chi connectivity index (χ0v) is 18.0. The van der Waals surface area contributed by atoms with E-state index in [-0.39, 0.29) is 47.9 Å². The number of rotatable bonds is 5. The van der Waals surface area contributed by atoms with Crippen LogP contribution in [-0.4, -0.2) is 23.0 Å². The molecule has 30 heavy (non-hydrogen) atoms. The molecule has 2 aromatic rings. The van der Waals surface area contributed by atoms with E-state index in [0.717, 1.165) is 26.1 Å². The molecule has 5 nitrogen and oxygen atoms in total. The lowest BCUT2D eigenvalue weighted by atomic mass is 9.85. The highest BCUT2D eigenvalue weighted by Gasteiger charge is 2.59. The molecule has 7 heteroatoms. The van der Waals surface area contributed by atoms with Gasteiger partial charge in [-0.05, 0) is 82.3 Å². The zero-order valence-electron chi connectivity index (χ0n) is 15.9. The Bertz CT molecular complexity index is 1070. The summed E-state index contributed by atoms with van der Waals surface area (Å²) in [5, 5.41) is 5.25. The number of carbonyl (C=O) groups is 2. The normalized spacial score (nSPS) is 26.8. The molecule has 1 aliphatic heterocycles. The smallest absolute Gasteiger partial charge is 0.254 e. The van der Waals surface area contributed by atoms with E-state index in [0.29, 0.717) is 5.75 Å². The van der Waals surface area contributed by atoms with Crippen LogP contribution >= 0.6 is 22.6 Å². The summed E-state index contributed by atoms with van der Waals surface area (Å²) in [6.07, 6.45) is 6.56. The van der Waals surface area contributed by atoms with Crippen LogP contribution in [0.1, 0.15) is 17.5 Å². The van der Waals surface area contributed by atoms with Crippen molar-refractivity contribution in [3.8, 4) is 5.75 Å². The van der Waals surface area contributed by atoms with Crippen molar-refractivity contribution >= 4 is 40.6 Å². The number of hydrogen-bond acceptors (Lipinski definition) is 4. The Morgan fingerprint density at radius 1 is 1.10 bits per heavy atom. The lowest BCUT2D eigenvalue weighted by molar-refractivity contribution is -0.140. The van der Waals surface area contributed by atoms with Gasteiger partial charge in [0.25, 0.3) is 11.8 Å². The van der Waals surface area contributed by atoms with E-state index < -0.39 is 0 Å². The second kappa shape index (κ2) is 7.61. The Hall–Kier alpha value is -2.55. The largest absolute Gasteiger partial charge is 0.488 e. The van der Waals surface area contributed by atoms with E-state index >= 15 is 0 Å². The highest BCUT2D eigenvalue weighted by molar-refractivity contribution is 14.1. The number of allylic oxidation sites excluding steroid dienone is 2. The van der Waals surface area contributed by atoms with Crippen molar-refractivity contribution in [2.75, 3.05) is 0 Å². The van der Waals surface area contributed by atoms with Crippen LogP contribution in [0.15, 0.2) is 59.7 Å². The Morgan fingerprint density at radius 3 is 2.50 bits per heavy atom. The average molecular weight is 516 g/mol. The Balaban J connectivity index is 1.27. The van der Waals surface area contributed by atoms with E-state index in [2.05, 4.69) is 39.8 Å². The second-order valence-electron chi connectivity index (χ2n) is 7.84. The van der Waals surface area contributed by atoms with Crippen LogP contribution in [0.5, 0.6) is 5.75 Å². The molecule has 4 atom stereocenters. The fourth-order valence-corrected chi connectivity index (χ4v) is 5.32. The van der Waals surface area contributed by atoms with Crippen LogP contribution in [0.25, 0.3) is 0 Å². The number of imide groups is 1. The maximum atomic E-state index is 13.3. The van der Waals surface area contributed by atoms with Crippen molar-refractivity contribution in [3.63, 3.8) is 0 Å². The van der Waals surface area contributed by atoms with Gasteiger partial charge in [0.1, 0.15) is 18.2 Å². The molecule has 0 radical (unpaired) electrons. The second-order valence-corrected chi connectivity index (χ2v) is 9.00. The summed E-state index contributed by atoms with van der Waals surface area (Å²) in [6, 6.07) is 11.8. The summed E-state index contributed by atoms with van der Waals surface area (Å²) < 4.78 is 19.9. The van der Waals surface area contributed by atoms with Gasteiger partial charge in [0.15, 0.2) is 0 Å². The quantitative estimate of drug-likeness (QED) is 0.260. The van der Waals surface area contributed by atoms with Gasteiger partial charge < -0.3 is 4.74 Å². The number of ether oxygens (including phenoxy) is 1. The molecule has 0 N–H and O–H groups in total. The summed E-state index contributed by atoms with van der Waals surface area (Å²) in [5.41, 5.74) is 1.51. The molecular formula is C23H18FIN2O3. The number of amides is 2. The maximum absolute atomic E-state index is 13.3. The monoisotopic (exact) mass is 516 g/mol. The number of carbonyl (C=O) groups excluding carboxylic acids is 2. The number of hydrogen-bond donors (Lipinski definition) is 0. The minimum atomic E-state index is -0.295. The van der Waals surface area contributed by atoms with Crippen molar-refractivity contribution in [2.45, 2.75) is 13.0 Å². The molecule has 3 aliphatic rings. The van der Waals surface area contributed by atoms with Crippen molar-refractivity contribution in [3.05, 3.63) is 75.1 Å². The summed E-state index contributed by atoms with van der Waals surface area (Å²) in [7, 11) is 0. The van der Waals surface area contributed by atoms with Gasteiger partial charge in [0.05, 0.1) is 21.6 Å². The fraction of sp³-hybridized carbons (Fsp3) is 0.261. The average Bonchev–Trinajstić information content (AvgIpc) is 3.40. The minimum Gasteiger partial charge on any atom is -0.488 e. The lowest BCUT2D eigenvalue weighted by Gasteiger charge is -2.13. The SMILES string of the molecule is O=C1[C@@H]2[C@H](C(=O)N1N=Cc1ccc(OCc3cccc(F)c3)c(I)c1)[C@H]1C=C[C@H]2C1. The first-order chi connectivity index (χ1) is 14.5. The molecule has 152 valence electrons. The molecule has 5 rings (SSSR count). The number of benzene rings is 2. The van der Waals surface area contributed by atoms with Gasteiger partial charge in [0.2, 0.25) is 0 Å². The van der Waals surface area contributed by atoms with Crippen molar-refractivity contribution < 1.29 is 18.7 Å². The van der Waals surface area contributed by atoms with Gasteiger partial charge in [-0.2, -0.15) is 10.1 Å². The number of halogens is 2. The Morgan fingerprint density at radius 2 is 1.83 bits per heavy atom. The van der Waals surface area contributed by atoms with Crippen molar-refractivity contribution in [1.82, 2.24) is 5.01 Å². The Kier molecular flexibility index (Phi) is 4.92. The highest BCUT2D eigenvalue weighted by Crippen LogP contribution is 2.52. The zero-order chi connectivity index (χ0) is 20.8. The van der Waals surface area contributed by atoms with Crippen LogP contribution in [0.3, 0.4) is 0 Å². The van der Waals surface area contributed by atoms with Crippen molar-refractivity contribution in [1.29, 1.82) is 0 Å². The van der Waals surface area contributed by atoms with Crippen LogP contribution in [0, 0.1) is 33.1 Å². The molecule has 0 aromatic heterocycles. The van der Waals surface area contributed by atoms with Gasteiger partial charge in [-0.25, -0.2) is 4.39 Å². The third-order valence-corrected chi connectivity index (χ3v) is 6.85. The standard InChI is InChI=1S/C23H18FIN2O3/c24-17-3-1-2-14(8-17)12-30-19-7-4-13(9-18(19)25)11-26-27-22(28)20-15-5-6-16(10-15)21(20)23(27)29/h1-9,11,15-16,20-21H,10,12H2/t15-,16-,20-,21+/m0/s1. The molecule has 0 unspecified atom stereocenters. The molecule has 2 bridgehead atoms. The topological polar surface area (TPSA) is 59.0 Å². The number of hydrazone groups is 1. The van der Waals surface area contributed by atoms with Crippen LogP contribution < -0.4 is 4.74 Å². The van der Waals surface area contributed by atoms with E-state index in [1.54, 1.807) is 18.2 Å². The first kappa shape index (κ1) is 19.4. The molecule has 2 aliphatic carbocycles. The maximum Gasteiger partial charge on any atom is 0.254 e. The molecular weight excluding hydrogens is 498 g/mol. The summed E-state index contributed by atoms with van der Waals surface area (Å²) in [5.74, 6) is -0.157. The number of fused-ring (bicyclic) bond motifs is 5. The van der Waals surface area contributed by atoms with Gasteiger partial charge >= 0.3 is 0 Å². The molecule has 2 fully saturated rings. The first-order valence-electron chi connectivity index (χ1n) is 9.78. The van der Waals surface area contributed by atoms with Gasteiger partial charge in [-0.3, -0.25) is 9.59 Å². The molecule has 2 aromatic carbocycles. The van der Waals surface area contributed by atoms with Crippen LogP contribution in [0.4, 0.5) is 4.39 Å². The van der Waals surface area contributed by atoms with E-state index in [1.807, 2.05) is 12.1 Å². The van der Waals surface area contributed by atoms with Crippen molar-refractivity contribution in [2.24, 2.45) is 28.8 Å². The molecule has 1 saturated heterocycles. The third kappa shape index (κ3) is 3.34. The third-order valence-electron chi connectivity index (χ3n) is 6.01. The van der Waals surface area contributed by atoms with E-state index in [9.17, 15) is 14.0 Å². The predicted molar refractivity (Wildman–Crippen MR) is 117 cm³/mol. The first-order valence-corrected chi connectivity index (χ1v) is 10.9. The highest BCUT2D eigenvalue weighted by atomic mass is 127.